The van der Waals surface area contributed by atoms with Gasteiger partial charge in [-0.25, -0.2) is 0 Å². The Balaban J connectivity index is 1.69. The van der Waals surface area contributed by atoms with Crippen molar-refractivity contribution in [1.82, 2.24) is 0 Å². The van der Waals surface area contributed by atoms with Gasteiger partial charge in [0.05, 0.1) is 53.0 Å². The van der Waals surface area contributed by atoms with Crippen LogP contribution in [0.25, 0.3) is 10.8 Å². The van der Waals surface area contributed by atoms with E-state index in [-0.39, 0.29) is 45.4 Å². The Labute approximate surface area is 369 Å². The van der Waals surface area contributed by atoms with Crippen molar-refractivity contribution in [3.63, 3.8) is 0 Å². The second kappa shape index (κ2) is 19.4. The number of aliphatic hydroxyl groups excluding tert-OH is 2. The number of Topliss-reactive ketones (excluding diaryl/α,β-unsaturated/α-hetero) is 1. The van der Waals surface area contributed by atoms with Crippen molar-refractivity contribution < 1.29 is 63.7 Å². The van der Waals surface area contributed by atoms with E-state index in [9.17, 15) is 39.9 Å². The van der Waals surface area contributed by atoms with Crippen molar-refractivity contribution in [2.45, 2.75) is 92.2 Å². The lowest BCUT2D eigenvalue weighted by Gasteiger charge is -2.38. The normalized spacial score (nSPS) is 29.1. The number of nitrogens with zero attached hydrogens (tertiary/aromatic N) is 1. The van der Waals surface area contributed by atoms with E-state index >= 15 is 0 Å². The standard InChI is InChI=1S/C45H52Cl2N2O13/c1-20-11-10-12-21(2)44(57)49-35-29(18-48-60-19-27-13-14-28(46)17-30(27)47)39(54)32-33(40(35)55)38(53)25(6)42-34(32)43(56)45(8,62-42)59-16-15-31(58-9)22(3)41(61-26(7)50)24(5)37(52)23(4)36(20)51/h10-18,20,22-24,31,36-37,41,51-55H,19H2,1-9H3,(H,49,57)/b11-10+,16-15+,21-12+,48-18+. The van der Waals surface area contributed by atoms with Gasteiger partial charge in [0.25, 0.3) is 11.7 Å². The monoisotopic (exact) mass is 898 g/mol. The number of methoxy groups -OCH3 is 1. The predicted octanol–water partition coefficient (Wildman–Crippen LogP) is 7.61. The molecule has 17 heteroatoms. The summed E-state index contributed by atoms with van der Waals surface area (Å²) in [4.78, 5) is 46.0. The number of ether oxygens (including phenoxy) is 4. The van der Waals surface area contributed by atoms with Crippen LogP contribution >= 0.6 is 23.2 Å². The maximum absolute atomic E-state index is 14.4. The number of oxime groups is 1. The van der Waals surface area contributed by atoms with Crippen LogP contribution in [0.2, 0.25) is 10.0 Å². The van der Waals surface area contributed by atoms with E-state index in [2.05, 4.69) is 10.5 Å². The molecule has 3 aliphatic rings. The fraction of sp³-hybridized carbons (Fsp3) is 0.422. The molecule has 0 aliphatic carbocycles. The van der Waals surface area contributed by atoms with Crippen molar-refractivity contribution in [2.24, 2.45) is 28.8 Å². The summed E-state index contributed by atoms with van der Waals surface area (Å²) in [6.45, 7) is 12.2. The Morgan fingerprint density at radius 3 is 2.31 bits per heavy atom. The van der Waals surface area contributed by atoms with Crippen molar-refractivity contribution in [2.75, 3.05) is 12.4 Å². The Bertz CT molecular complexity index is 2360. The molecule has 15 nitrogen and oxygen atoms in total. The lowest BCUT2D eigenvalue weighted by molar-refractivity contribution is -0.160. The molecule has 0 fully saturated rings. The number of ketones is 1. The second-order valence-corrected chi connectivity index (χ2v) is 16.7. The number of carbonyl (C=O) groups is 3. The van der Waals surface area contributed by atoms with Crippen LogP contribution in [0.3, 0.4) is 0 Å². The lowest BCUT2D eigenvalue weighted by atomic mass is 9.78. The SMILES string of the molecule is COC1/C=C/OC2(C)Oc3c(C)c(O)c4c(O)c(c(/C=N/OCc5ccc(Cl)cc5Cl)c(O)c4c3C2=O)NC(=O)/C(C)=C/C=C/C(C)C(O)C(C)C(O)C(C)C(OC(C)=O)C1C. The number of aliphatic hydroxyl groups is 2. The van der Waals surface area contributed by atoms with E-state index in [0.29, 0.717) is 15.6 Å². The van der Waals surface area contributed by atoms with Crippen molar-refractivity contribution in [3.05, 3.63) is 86.6 Å². The van der Waals surface area contributed by atoms with Crippen LogP contribution in [0.1, 0.15) is 75.5 Å². The van der Waals surface area contributed by atoms with E-state index in [0.717, 1.165) is 6.21 Å². The number of halogens is 2. The van der Waals surface area contributed by atoms with Crippen LogP contribution < -0.4 is 10.1 Å². The number of fused-ring (bicyclic) bond motifs is 14. The minimum Gasteiger partial charge on any atom is -0.507 e. The molecule has 0 radical (unpaired) electrons. The molecular formula is C45H52Cl2N2O13. The van der Waals surface area contributed by atoms with E-state index in [1.807, 2.05) is 0 Å². The van der Waals surface area contributed by atoms with E-state index < -0.39 is 94.5 Å². The molecule has 0 spiro atoms. The minimum atomic E-state index is -2.10. The van der Waals surface area contributed by atoms with Gasteiger partial charge in [-0.1, -0.05) is 80.3 Å². The van der Waals surface area contributed by atoms with Gasteiger partial charge in [-0.05, 0) is 32.1 Å². The molecular weight excluding hydrogens is 847 g/mol. The fourth-order valence-electron chi connectivity index (χ4n) is 7.71. The number of aromatic hydroxyl groups is 3. The zero-order valence-electron chi connectivity index (χ0n) is 35.7. The number of hydrogen-bond acceptors (Lipinski definition) is 14. The van der Waals surface area contributed by atoms with Crippen LogP contribution in [0.5, 0.6) is 23.0 Å². The number of allylic oxidation sites excluding steroid dienone is 2. The lowest BCUT2D eigenvalue weighted by Crippen LogP contribution is -2.46. The third-order valence-corrected chi connectivity index (χ3v) is 12.1. The van der Waals surface area contributed by atoms with Crippen molar-refractivity contribution >= 4 is 63.5 Å². The van der Waals surface area contributed by atoms with Gasteiger partial charge >= 0.3 is 11.8 Å². The van der Waals surface area contributed by atoms with Crippen LogP contribution in [-0.2, 0) is 35.2 Å². The molecule has 0 aromatic heterocycles. The number of amides is 1. The summed E-state index contributed by atoms with van der Waals surface area (Å²) in [5.41, 5.74) is -0.320. The summed E-state index contributed by atoms with van der Waals surface area (Å²) >= 11 is 12.3. The molecule has 0 saturated carbocycles. The third kappa shape index (κ3) is 9.52. The molecule has 1 amide bonds. The van der Waals surface area contributed by atoms with Gasteiger partial charge in [-0.15, -0.1) is 0 Å². The van der Waals surface area contributed by atoms with Gasteiger partial charge in [-0.3, -0.25) is 14.4 Å². The number of phenolic OH excluding ortho intramolecular Hbond substituents is 3. The maximum atomic E-state index is 14.4. The van der Waals surface area contributed by atoms with E-state index in [1.165, 1.54) is 59.3 Å². The molecule has 0 saturated heterocycles. The number of phenols is 3. The quantitative estimate of drug-likeness (QED) is 0.0462. The zero-order valence-corrected chi connectivity index (χ0v) is 37.2. The van der Waals surface area contributed by atoms with Gasteiger partial charge < -0.3 is 54.6 Å². The first kappa shape index (κ1) is 47.7. The largest absolute Gasteiger partial charge is 0.507 e. The molecule has 9 unspecified atom stereocenters. The first-order chi connectivity index (χ1) is 29.1. The Morgan fingerprint density at radius 1 is 0.968 bits per heavy atom. The molecule has 5 bridgehead atoms. The summed E-state index contributed by atoms with van der Waals surface area (Å²) in [6.07, 6.45) is 4.29. The summed E-state index contributed by atoms with van der Waals surface area (Å²) in [5.74, 6) is -9.00. The first-order valence-electron chi connectivity index (χ1n) is 19.8. The summed E-state index contributed by atoms with van der Waals surface area (Å²) in [5, 5.41) is 64.9. The topological polar surface area (TPSA) is 223 Å². The highest BCUT2D eigenvalue weighted by molar-refractivity contribution is 6.35. The van der Waals surface area contributed by atoms with Crippen LogP contribution in [0, 0.1) is 30.6 Å². The Kier molecular flexibility index (Phi) is 14.9. The maximum Gasteiger partial charge on any atom is 0.312 e. The average Bonchev–Trinajstić information content (AvgIpc) is 3.49. The number of rotatable bonds is 6. The third-order valence-electron chi connectivity index (χ3n) is 11.5. The smallest absolute Gasteiger partial charge is 0.312 e. The molecule has 3 aliphatic heterocycles. The van der Waals surface area contributed by atoms with Gasteiger partial charge in [0.2, 0.25) is 0 Å². The molecule has 3 aromatic carbocycles. The Morgan fingerprint density at radius 2 is 1.66 bits per heavy atom. The van der Waals surface area contributed by atoms with Crippen molar-refractivity contribution in [1.29, 1.82) is 0 Å². The summed E-state index contributed by atoms with van der Waals surface area (Å²) in [7, 11) is 1.42. The molecule has 6 N–H and O–H groups in total. The number of benzene rings is 3. The second-order valence-electron chi connectivity index (χ2n) is 15.9. The van der Waals surface area contributed by atoms with Crippen LogP contribution in [-0.4, -0.2) is 86.7 Å². The highest BCUT2D eigenvalue weighted by atomic mass is 35.5. The molecule has 9 atom stereocenters. The number of carbonyl (C=O) groups excluding carboxylic acids is 3. The van der Waals surface area contributed by atoms with Crippen molar-refractivity contribution in [3.8, 4) is 23.0 Å². The number of esters is 1. The van der Waals surface area contributed by atoms with Crippen LogP contribution in [0.4, 0.5) is 5.69 Å². The number of anilines is 1. The summed E-state index contributed by atoms with van der Waals surface area (Å²) in [6, 6.07) is 4.74. The summed E-state index contributed by atoms with van der Waals surface area (Å²) < 4.78 is 23.5. The van der Waals surface area contributed by atoms with Gasteiger partial charge in [-0.2, -0.15) is 0 Å². The zero-order chi connectivity index (χ0) is 46.0. The Hall–Kier alpha value is -5.32. The van der Waals surface area contributed by atoms with Gasteiger partial charge in [0.1, 0.15) is 30.0 Å². The number of nitrogens with one attached hydrogen (secondary N) is 1. The first-order valence-corrected chi connectivity index (χ1v) is 20.6. The van der Waals surface area contributed by atoms with Gasteiger partial charge in [0.15, 0.2) is 5.75 Å². The highest BCUT2D eigenvalue weighted by Gasteiger charge is 2.50. The molecule has 6 rings (SSSR count). The molecule has 3 aromatic rings. The molecule has 3 heterocycles. The van der Waals surface area contributed by atoms with Crippen LogP contribution in [0.15, 0.2) is 59.5 Å². The predicted molar refractivity (Wildman–Crippen MR) is 233 cm³/mol. The molecule has 334 valence electrons. The highest BCUT2D eigenvalue weighted by Crippen LogP contribution is 2.55. The minimum absolute atomic E-state index is 0.00570. The number of hydrogen-bond donors (Lipinski definition) is 6. The fourth-order valence-corrected chi connectivity index (χ4v) is 8.17. The van der Waals surface area contributed by atoms with E-state index in [4.69, 9.17) is 47.0 Å². The van der Waals surface area contributed by atoms with Gasteiger partial charge in [0, 0.05) is 76.8 Å². The van der Waals surface area contributed by atoms with E-state index in [1.54, 1.807) is 52.0 Å². The average molecular weight is 900 g/mol. The molecule has 62 heavy (non-hydrogen) atoms.